The molecule has 0 saturated heterocycles. The van der Waals surface area contributed by atoms with Gasteiger partial charge in [0.25, 0.3) is 0 Å². The Morgan fingerprint density at radius 1 is 0.920 bits per heavy atom. The molecular formula is C19H33NO3S2. The zero-order valence-electron chi connectivity index (χ0n) is 16.2. The highest BCUT2D eigenvalue weighted by Gasteiger charge is 2.07. The van der Waals surface area contributed by atoms with Crippen molar-refractivity contribution in [2.24, 2.45) is 0 Å². The molecule has 0 spiro atoms. The zero-order valence-corrected chi connectivity index (χ0v) is 17.9. The number of carbonyl (C=O) groups excluding carboxylic acids is 1. The van der Waals surface area contributed by atoms with E-state index in [1.54, 1.807) is 11.8 Å². The van der Waals surface area contributed by atoms with E-state index < -0.39 is 15.9 Å². The van der Waals surface area contributed by atoms with Crippen molar-refractivity contribution in [2.75, 3.05) is 17.8 Å². The normalized spacial score (nSPS) is 12.8. The molecule has 0 fully saturated rings. The first kappa shape index (κ1) is 24.0. The van der Waals surface area contributed by atoms with Gasteiger partial charge in [-0.05, 0) is 53.4 Å². The summed E-state index contributed by atoms with van der Waals surface area (Å²) in [5, 5.41) is 0. The van der Waals surface area contributed by atoms with Crippen LogP contribution in [-0.4, -0.2) is 32.1 Å². The number of nitrogens with one attached hydrogen (secondary N) is 1. The maximum atomic E-state index is 11.3. The Labute approximate surface area is 158 Å². The minimum atomic E-state index is -3.44. The molecule has 144 valence electrons. The van der Waals surface area contributed by atoms with Crippen molar-refractivity contribution in [3.05, 3.63) is 34.9 Å². The molecule has 0 radical (unpaired) electrons. The summed E-state index contributed by atoms with van der Waals surface area (Å²) in [6.07, 6.45) is 12.3. The SMILES string of the molecule is CC(C)=CCCC(C)=CCCC(C)=CCSCCC(=O)NS(C)(=O)=O. The van der Waals surface area contributed by atoms with Gasteiger partial charge in [-0.2, -0.15) is 11.8 Å². The summed E-state index contributed by atoms with van der Waals surface area (Å²) in [6.45, 7) is 8.57. The lowest BCUT2D eigenvalue weighted by molar-refractivity contribution is -0.118. The Morgan fingerprint density at radius 3 is 2.04 bits per heavy atom. The van der Waals surface area contributed by atoms with E-state index in [-0.39, 0.29) is 6.42 Å². The maximum absolute atomic E-state index is 11.3. The largest absolute Gasteiger partial charge is 0.274 e. The highest BCUT2D eigenvalue weighted by atomic mass is 32.2. The molecule has 0 aliphatic carbocycles. The molecule has 0 aromatic carbocycles. The maximum Gasteiger partial charge on any atom is 0.234 e. The first-order chi connectivity index (χ1) is 11.6. The molecule has 0 aliphatic rings. The smallest absolute Gasteiger partial charge is 0.234 e. The van der Waals surface area contributed by atoms with Crippen molar-refractivity contribution in [3.8, 4) is 0 Å². The van der Waals surface area contributed by atoms with Crippen molar-refractivity contribution < 1.29 is 13.2 Å². The molecule has 0 aromatic rings. The number of amides is 1. The van der Waals surface area contributed by atoms with Crippen LogP contribution in [0.4, 0.5) is 0 Å². The average Bonchev–Trinajstić information content (AvgIpc) is 2.44. The van der Waals surface area contributed by atoms with Gasteiger partial charge >= 0.3 is 0 Å². The van der Waals surface area contributed by atoms with Crippen LogP contribution in [0.2, 0.25) is 0 Å². The molecule has 25 heavy (non-hydrogen) atoms. The van der Waals surface area contributed by atoms with E-state index in [1.807, 2.05) is 4.72 Å². The van der Waals surface area contributed by atoms with E-state index in [9.17, 15) is 13.2 Å². The lowest BCUT2D eigenvalue weighted by Crippen LogP contribution is -2.29. The zero-order chi connectivity index (χ0) is 19.3. The van der Waals surface area contributed by atoms with Gasteiger partial charge < -0.3 is 0 Å². The molecule has 0 aromatic heterocycles. The third-order valence-corrected chi connectivity index (χ3v) is 4.94. The van der Waals surface area contributed by atoms with Crippen LogP contribution in [-0.2, 0) is 14.8 Å². The molecule has 1 N–H and O–H groups in total. The van der Waals surface area contributed by atoms with Crippen LogP contribution in [0.5, 0.6) is 0 Å². The van der Waals surface area contributed by atoms with Crippen molar-refractivity contribution >= 4 is 27.7 Å². The second kappa shape index (κ2) is 13.2. The predicted octanol–water partition coefficient (Wildman–Crippen LogP) is 4.60. The van der Waals surface area contributed by atoms with Crippen molar-refractivity contribution in [1.82, 2.24) is 4.72 Å². The molecule has 0 saturated carbocycles. The van der Waals surface area contributed by atoms with Crippen LogP contribution in [0, 0.1) is 0 Å². The second-order valence-corrected chi connectivity index (χ2v) is 9.48. The Bertz CT molecular complexity index is 598. The minimum absolute atomic E-state index is 0.220. The Kier molecular flexibility index (Phi) is 12.7. The van der Waals surface area contributed by atoms with Gasteiger partial charge in [-0.1, -0.05) is 34.9 Å². The molecule has 0 bridgehead atoms. The second-order valence-electron chi connectivity index (χ2n) is 6.58. The molecule has 0 rings (SSSR count). The minimum Gasteiger partial charge on any atom is -0.274 e. The van der Waals surface area contributed by atoms with E-state index in [0.717, 1.165) is 37.7 Å². The summed E-state index contributed by atoms with van der Waals surface area (Å²) in [5.41, 5.74) is 4.16. The first-order valence-corrected chi connectivity index (χ1v) is 11.7. The molecule has 6 heteroatoms. The fourth-order valence-corrected chi connectivity index (χ4v) is 3.46. The summed E-state index contributed by atoms with van der Waals surface area (Å²) in [4.78, 5) is 11.3. The van der Waals surface area contributed by atoms with Crippen LogP contribution in [0.1, 0.15) is 59.8 Å². The van der Waals surface area contributed by atoms with E-state index in [2.05, 4.69) is 45.9 Å². The number of hydrogen-bond donors (Lipinski definition) is 1. The molecule has 0 atom stereocenters. The van der Waals surface area contributed by atoms with Crippen LogP contribution >= 0.6 is 11.8 Å². The molecule has 1 amide bonds. The highest BCUT2D eigenvalue weighted by molar-refractivity contribution is 7.99. The first-order valence-electron chi connectivity index (χ1n) is 8.63. The Morgan fingerprint density at radius 2 is 1.48 bits per heavy atom. The van der Waals surface area contributed by atoms with Gasteiger partial charge in [0.1, 0.15) is 0 Å². The van der Waals surface area contributed by atoms with Gasteiger partial charge in [0.05, 0.1) is 6.26 Å². The lowest BCUT2D eigenvalue weighted by atomic mass is 10.1. The van der Waals surface area contributed by atoms with Crippen molar-refractivity contribution in [3.63, 3.8) is 0 Å². The van der Waals surface area contributed by atoms with Crippen molar-refractivity contribution in [2.45, 2.75) is 59.8 Å². The van der Waals surface area contributed by atoms with Gasteiger partial charge in [0.2, 0.25) is 15.9 Å². The van der Waals surface area contributed by atoms with E-state index >= 15 is 0 Å². The summed E-state index contributed by atoms with van der Waals surface area (Å²) in [6, 6.07) is 0. The molecule has 4 nitrogen and oxygen atoms in total. The summed E-state index contributed by atoms with van der Waals surface area (Å²) in [7, 11) is -3.44. The van der Waals surface area contributed by atoms with Crippen LogP contribution < -0.4 is 4.72 Å². The third kappa shape index (κ3) is 17.6. The van der Waals surface area contributed by atoms with E-state index in [1.165, 1.54) is 16.7 Å². The molecule has 0 unspecified atom stereocenters. The molecule has 0 aliphatic heterocycles. The predicted molar refractivity (Wildman–Crippen MR) is 110 cm³/mol. The van der Waals surface area contributed by atoms with Gasteiger partial charge in [0, 0.05) is 17.9 Å². The monoisotopic (exact) mass is 387 g/mol. The van der Waals surface area contributed by atoms with Gasteiger partial charge in [-0.3, -0.25) is 9.52 Å². The number of hydrogen-bond acceptors (Lipinski definition) is 4. The molecule has 0 heterocycles. The standard InChI is InChI=1S/C19H33NO3S2/c1-16(2)8-6-9-17(3)10-7-11-18(4)12-14-24-15-13-19(21)20-25(5,22)23/h8,10,12H,6-7,9,11,13-15H2,1-5H3,(H,20,21). The van der Waals surface area contributed by atoms with Crippen molar-refractivity contribution in [1.29, 1.82) is 0 Å². The number of thioether (sulfide) groups is 1. The summed E-state index contributed by atoms with van der Waals surface area (Å²) in [5.74, 6) is 1.03. The lowest BCUT2D eigenvalue weighted by Gasteiger charge is -2.03. The summed E-state index contributed by atoms with van der Waals surface area (Å²) < 4.78 is 23.8. The number of rotatable bonds is 12. The fraction of sp³-hybridized carbons (Fsp3) is 0.632. The van der Waals surface area contributed by atoms with Gasteiger partial charge in [0.15, 0.2) is 0 Å². The highest BCUT2D eigenvalue weighted by Crippen LogP contribution is 2.12. The Hall–Kier alpha value is -1.01. The summed E-state index contributed by atoms with van der Waals surface area (Å²) >= 11 is 1.64. The van der Waals surface area contributed by atoms with Crippen LogP contribution in [0.3, 0.4) is 0 Å². The van der Waals surface area contributed by atoms with Gasteiger partial charge in [-0.25, -0.2) is 8.42 Å². The third-order valence-electron chi connectivity index (χ3n) is 3.45. The quantitative estimate of drug-likeness (QED) is 0.392. The average molecular weight is 388 g/mol. The number of allylic oxidation sites excluding steroid dienone is 5. The Balaban J connectivity index is 3.88. The van der Waals surface area contributed by atoms with E-state index in [4.69, 9.17) is 0 Å². The number of sulfonamides is 1. The molecular weight excluding hydrogens is 354 g/mol. The number of carbonyl (C=O) groups is 1. The fourth-order valence-electron chi connectivity index (χ4n) is 2.05. The van der Waals surface area contributed by atoms with Crippen LogP contribution in [0.25, 0.3) is 0 Å². The van der Waals surface area contributed by atoms with Crippen LogP contribution in [0.15, 0.2) is 34.9 Å². The van der Waals surface area contributed by atoms with Gasteiger partial charge in [-0.15, -0.1) is 0 Å². The van der Waals surface area contributed by atoms with E-state index in [0.29, 0.717) is 5.75 Å². The topological polar surface area (TPSA) is 63.2 Å².